The van der Waals surface area contributed by atoms with Crippen LogP contribution in [0.2, 0.25) is 0 Å². The van der Waals surface area contributed by atoms with Crippen LogP contribution in [0.1, 0.15) is 64.0 Å². The van der Waals surface area contributed by atoms with Gasteiger partial charge in [-0.25, -0.2) is 0 Å². The monoisotopic (exact) mass is 276 g/mol. The van der Waals surface area contributed by atoms with Crippen LogP contribution in [0.25, 0.3) is 0 Å². The lowest BCUT2D eigenvalue weighted by molar-refractivity contribution is 0.468. The molecule has 0 aliphatic rings. The Balaban J connectivity index is 2.64. The number of benzene rings is 1. The van der Waals surface area contributed by atoms with Gasteiger partial charge in [-0.05, 0) is 37.1 Å². The van der Waals surface area contributed by atoms with Crippen LogP contribution in [-0.4, -0.2) is 20.6 Å². The third-order valence-corrected chi connectivity index (χ3v) is 3.83. The number of unbranched alkanes of at least 4 members (excludes halogenated alkanes) is 3. The molecular formula is C18H32N2. The highest BCUT2D eigenvalue weighted by Gasteiger charge is 2.10. The van der Waals surface area contributed by atoms with E-state index in [1.165, 1.54) is 49.8 Å². The number of nitrogens with zero attached hydrogens (tertiary/aromatic N) is 1. The Bertz CT molecular complexity index is 333. The Labute approximate surface area is 125 Å². The summed E-state index contributed by atoms with van der Waals surface area (Å²) < 4.78 is 0. The van der Waals surface area contributed by atoms with Gasteiger partial charge in [-0.15, -0.1) is 0 Å². The van der Waals surface area contributed by atoms with Crippen LogP contribution in [0.3, 0.4) is 0 Å². The highest BCUT2D eigenvalue weighted by atomic mass is 15.1. The van der Waals surface area contributed by atoms with Crippen molar-refractivity contribution in [3.8, 4) is 0 Å². The fourth-order valence-corrected chi connectivity index (χ4v) is 2.44. The highest BCUT2D eigenvalue weighted by molar-refractivity contribution is 5.46. The molecule has 0 amide bonds. The molecule has 0 bridgehead atoms. The van der Waals surface area contributed by atoms with Crippen molar-refractivity contribution >= 4 is 5.69 Å². The van der Waals surface area contributed by atoms with Crippen molar-refractivity contribution in [2.45, 2.75) is 58.4 Å². The van der Waals surface area contributed by atoms with Gasteiger partial charge in [0.25, 0.3) is 0 Å². The van der Waals surface area contributed by atoms with Gasteiger partial charge in [0.2, 0.25) is 0 Å². The van der Waals surface area contributed by atoms with Crippen LogP contribution >= 0.6 is 0 Å². The number of hydrogen-bond acceptors (Lipinski definition) is 2. The zero-order valence-electron chi connectivity index (χ0n) is 13.8. The lowest BCUT2D eigenvalue weighted by atomic mass is 10.00. The quantitative estimate of drug-likeness (QED) is 0.620. The molecule has 0 saturated heterocycles. The van der Waals surface area contributed by atoms with Gasteiger partial charge in [-0.2, -0.15) is 0 Å². The van der Waals surface area contributed by atoms with E-state index in [0.717, 1.165) is 6.54 Å². The summed E-state index contributed by atoms with van der Waals surface area (Å²) in [6.07, 6.45) is 7.71. The predicted octanol–water partition coefficient (Wildman–Crippen LogP) is 4.76. The molecule has 2 heteroatoms. The highest BCUT2D eigenvalue weighted by Crippen LogP contribution is 2.22. The Hall–Kier alpha value is -1.02. The van der Waals surface area contributed by atoms with E-state index < -0.39 is 0 Å². The Morgan fingerprint density at radius 3 is 2.15 bits per heavy atom. The summed E-state index contributed by atoms with van der Waals surface area (Å²) in [6, 6.07) is 9.53. The van der Waals surface area contributed by atoms with Crippen molar-refractivity contribution in [1.29, 1.82) is 0 Å². The second-order valence-corrected chi connectivity index (χ2v) is 5.84. The average molecular weight is 276 g/mol. The van der Waals surface area contributed by atoms with Crippen molar-refractivity contribution in [3.05, 3.63) is 29.8 Å². The van der Waals surface area contributed by atoms with Crippen molar-refractivity contribution in [2.75, 3.05) is 25.5 Å². The van der Waals surface area contributed by atoms with E-state index in [9.17, 15) is 0 Å². The Morgan fingerprint density at radius 2 is 1.60 bits per heavy atom. The molecule has 0 heterocycles. The molecule has 1 unspecified atom stereocenters. The SMILES string of the molecule is CCCCCC(NCCCC)c1ccc(N(C)C)cc1. The number of hydrogen-bond donors (Lipinski definition) is 1. The standard InChI is InChI=1S/C18H32N2/c1-5-7-9-10-18(19-15-8-6-2)16-11-13-17(14-12-16)20(3)4/h11-14,18-19H,5-10,15H2,1-4H3. The molecule has 0 saturated carbocycles. The molecule has 2 nitrogen and oxygen atoms in total. The largest absolute Gasteiger partial charge is 0.378 e. The van der Waals surface area contributed by atoms with Gasteiger partial charge < -0.3 is 10.2 Å². The minimum atomic E-state index is 0.518. The fraction of sp³-hybridized carbons (Fsp3) is 0.667. The molecule has 1 N–H and O–H groups in total. The summed E-state index contributed by atoms with van der Waals surface area (Å²) in [5.74, 6) is 0. The topological polar surface area (TPSA) is 15.3 Å². The van der Waals surface area contributed by atoms with Crippen LogP contribution in [0, 0.1) is 0 Å². The van der Waals surface area contributed by atoms with Gasteiger partial charge in [0.05, 0.1) is 0 Å². The molecular weight excluding hydrogens is 244 g/mol. The first-order chi connectivity index (χ1) is 9.69. The smallest absolute Gasteiger partial charge is 0.0361 e. The zero-order chi connectivity index (χ0) is 14.8. The third-order valence-electron chi connectivity index (χ3n) is 3.83. The molecule has 114 valence electrons. The maximum Gasteiger partial charge on any atom is 0.0361 e. The minimum Gasteiger partial charge on any atom is -0.378 e. The first kappa shape index (κ1) is 17.0. The summed E-state index contributed by atoms with van der Waals surface area (Å²) in [4.78, 5) is 2.15. The Morgan fingerprint density at radius 1 is 0.950 bits per heavy atom. The van der Waals surface area contributed by atoms with Crippen molar-refractivity contribution in [3.63, 3.8) is 0 Å². The summed E-state index contributed by atoms with van der Waals surface area (Å²) >= 11 is 0. The average Bonchev–Trinajstić information content (AvgIpc) is 2.46. The molecule has 1 aromatic carbocycles. The maximum absolute atomic E-state index is 3.73. The van der Waals surface area contributed by atoms with Gasteiger partial charge in [0, 0.05) is 25.8 Å². The third kappa shape index (κ3) is 5.96. The van der Waals surface area contributed by atoms with E-state index >= 15 is 0 Å². The molecule has 1 aromatic rings. The predicted molar refractivity (Wildman–Crippen MR) is 90.6 cm³/mol. The van der Waals surface area contributed by atoms with Crippen LogP contribution in [0.4, 0.5) is 5.69 Å². The molecule has 0 spiro atoms. The number of nitrogens with one attached hydrogen (secondary N) is 1. The van der Waals surface area contributed by atoms with Crippen molar-refractivity contribution in [1.82, 2.24) is 5.32 Å². The van der Waals surface area contributed by atoms with E-state index in [2.05, 4.69) is 62.4 Å². The van der Waals surface area contributed by atoms with Crippen LogP contribution in [-0.2, 0) is 0 Å². The summed E-state index contributed by atoms with van der Waals surface area (Å²) in [7, 11) is 4.18. The summed E-state index contributed by atoms with van der Waals surface area (Å²) in [5, 5.41) is 3.73. The molecule has 0 radical (unpaired) electrons. The number of anilines is 1. The second kappa shape index (κ2) is 9.82. The lowest BCUT2D eigenvalue weighted by Gasteiger charge is -2.20. The van der Waals surface area contributed by atoms with E-state index in [0.29, 0.717) is 6.04 Å². The maximum atomic E-state index is 3.73. The van der Waals surface area contributed by atoms with Crippen molar-refractivity contribution < 1.29 is 0 Å². The van der Waals surface area contributed by atoms with Gasteiger partial charge in [-0.3, -0.25) is 0 Å². The van der Waals surface area contributed by atoms with Crippen LogP contribution < -0.4 is 10.2 Å². The molecule has 20 heavy (non-hydrogen) atoms. The van der Waals surface area contributed by atoms with E-state index in [-0.39, 0.29) is 0 Å². The first-order valence-electron chi connectivity index (χ1n) is 8.19. The van der Waals surface area contributed by atoms with E-state index in [1.807, 2.05) is 0 Å². The van der Waals surface area contributed by atoms with Gasteiger partial charge in [-0.1, -0.05) is 51.7 Å². The molecule has 1 atom stereocenters. The normalized spacial score (nSPS) is 12.4. The molecule has 0 aliphatic heterocycles. The molecule has 0 fully saturated rings. The van der Waals surface area contributed by atoms with E-state index in [4.69, 9.17) is 0 Å². The summed E-state index contributed by atoms with van der Waals surface area (Å²) in [5.41, 5.74) is 2.71. The molecule has 1 rings (SSSR count). The van der Waals surface area contributed by atoms with Crippen LogP contribution in [0.5, 0.6) is 0 Å². The second-order valence-electron chi connectivity index (χ2n) is 5.84. The summed E-state index contributed by atoms with van der Waals surface area (Å²) in [6.45, 7) is 5.65. The zero-order valence-corrected chi connectivity index (χ0v) is 13.8. The first-order valence-corrected chi connectivity index (χ1v) is 8.19. The number of rotatable bonds is 10. The molecule has 0 aliphatic carbocycles. The fourth-order valence-electron chi connectivity index (χ4n) is 2.44. The lowest BCUT2D eigenvalue weighted by Crippen LogP contribution is -2.22. The minimum absolute atomic E-state index is 0.518. The van der Waals surface area contributed by atoms with E-state index in [1.54, 1.807) is 0 Å². The van der Waals surface area contributed by atoms with Crippen molar-refractivity contribution in [2.24, 2.45) is 0 Å². The van der Waals surface area contributed by atoms with Crippen LogP contribution in [0.15, 0.2) is 24.3 Å². The molecule has 0 aromatic heterocycles. The Kier molecular flexibility index (Phi) is 8.36. The van der Waals surface area contributed by atoms with Gasteiger partial charge >= 0.3 is 0 Å². The van der Waals surface area contributed by atoms with Gasteiger partial charge in [0.15, 0.2) is 0 Å². The van der Waals surface area contributed by atoms with Gasteiger partial charge in [0.1, 0.15) is 0 Å².